The summed E-state index contributed by atoms with van der Waals surface area (Å²) in [5.74, 6) is 0.194. The van der Waals surface area contributed by atoms with Crippen LogP contribution in [-0.2, 0) is 0 Å². The van der Waals surface area contributed by atoms with E-state index in [2.05, 4.69) is 5.32 Å². The Labute approximate surface area is 118 Å². The minimum atomic E-state index is -4.20. The Morgan fingerprint density at radius 3 is 2.35 bits per heavy atom. The normalized spacial score (nSPS) is 15.1. The van der Waals surface area contributed by atoms with Crippen LogP contribution in [0, 0.1) is 5.92 Å². The lowest BCUT2D eigenvalue weighted by Gasteiger charge is -2.23. The van der Waals surface area contributed by atoms with Gasteiger partial charge in [-0.1, -0.05) is 43.7 Å². The van der Waals surface area contributed by atoms with E-state index in [-0.39, 0.29) is 12.5 Å². The first-order valence-corrected chi connectivity index (χ1v) is 6.92. The molecule has 0 amide bonds. The highest BCUT2D eigenvalue weighted by atomic mass is 19.4. The number of nitrogens with one attached hydrogen (secondary N) is 1. The zero-order valence-electron chi connectivity index (χ0n) is 11.7. The first-order valence-electron chi connectivity index (χ1n) is 6.92. The molecule has 0 aromatic heterocycles. The molecule has 1 aromatic carbocycles. The zero-order valence-corrected chi connectivity index (χ0v) is 11.7. The lowest BCUT2D eigenvalue weighted by Crippen LogP contribution is -2.31. The van der Waals surface area contributed by atoms with Crippen LogP contribution in [0.2, 0.25) is 0 Å². The molecule has 0 saturated carbocycles. The average molecular weight is 289 g/mol. The van der Waals surface area contributed by atoms with Crippen molar-refractivity contribution in [2.24, 2.45) is 5.92 Å². The SMILES string of the molecule is CCC(CCO)CNC(CC(F)(F)F)c1ccccc1. The zero-order chi connectivity index (χ0) is 15.0. The van der Waals surface area contributed by atoms with Gasteiger partial charge in [0.05, 0.1) is 6.42 Å². The lowest BCUT2D eigenvalue weighted by atomic mass is 9.99. The number of aliphatic hydroxyl groups is 1. The van der Waals surface area contributed by atoms with Crippen LogP contribution in [0.25, 0.3) is 0 Å². The van der Waals surface area contributed by atoms with Gasteiger partial charge in [-0.2, -0.15) is 13.2 Å². The highest BCUT2D eigenvalue weighted by molar-refractivity contribution is 5.19. The van der Waals surface area contributed by atoms with Gasteiger partial charge in [0.1, 0.15) is 0 Å². The summed E-state index contributed by atoms with van der Waals surface area (Å²) in [7, 11) is 0. The highest BCUT2D eigenvalue weighted by Crippen LogP contribution is 2.29. The molecule has 2 nitrogen and oxygen atoms in total. The molecule has 1 rings (SSSR count). The fourth-order valence-electron chi connectivity index (χ4n) is 2.17. The molecule has 20 heavy (non-hydrogen) atoms. The number of aliphatic hydroxyl groups excluding tert-OH is 1. The number of hydrogen-bond donors (Lipinski definition) is 2. The van der Waals surface area contributed by atoms with E-state index in [4.69, 9.17) is 5.11 Å². The summed E-state index contributed by atoms with van der Waals surface area (Å²) in [6, 6.07) is 7.95. The summed E-state index contributed by atoms with van der Waals surface area (Å²) in [5.41, 5.74) is 0.642. The van der Waals surface area contributed by atoms with Gasteiger partial charge in [-0.25, -0.2) is 0 Å². The van der Waals surface area contributed by atoms with Crippen LogP contribution in [0.4, 0.5) is 13.2 Å². The molecule has 5 heteroatoms. The van der Waals surface area contributed by atoms with E-state index in [1.807, 2.05) is 6.92 Å². The molecule has 0 saturated heterocycles. The minimum Gasteiger partial charge on any atom is -0.396 e. The van der Waals surface area contributed by atoms with Crippen LogP contribution >= 0.6 is 0 Å². The molecule has 1 aromatic rings. The number of alkyl halides is 3. The van der Waals surface area contributed by atoms with Crippen molar-refractivity contribution in [1.82, 2.24) is 5.32 Å². The van der Waals surface area contributed by atoms with E-state index in [1.54, 1.807) is 30.3 Å². The molecule has 0 fully saturated rings. The van der Waals surface area contributed by atoms with Gasteiger partial charge in [-0.3, -0.25) is 0 Å². The Kier molecular flexibility index (Phi) is 7.02. The fraction of sp³-hybridized carbons (Fsp3) is 0.600. The maximum atomic E-state index is 12.7. The first kappa shape index (κ1) is 17.0. The van der Waals surface area contributed by atoms with Gasteiger partial charge in [0.2, 0.25) is 0 Å². The standard InChI is InChI=1S/C15H22F3NO/c1-2-12(8-9-20)11-19-14(10-15(16,17)18)13-6-4-3-5-7-13/h3-7,12,14,19-20H,2,8-11H2,1H3. The van der Waals surface area contributed by atoms with Crippen molar-refractivity contribution in [3.05, 3.63) is 35.9 Å². The largest absolute Gasteiger partial charge is 0.396 e. The molecule has 0 aliphatic carbocycles. The van der Waals surface area contributed by atoms with Crippen molar-refractivity contribution in [2.45, 2.75) is 38.4 Å². The third kappa shape index (κ3) is 6.39. The third-order valence-corrected chi connectivity index (χ3v) is 3.41. The predicted molar refractivity (Wildman–Crippen MR) is 73.3 cm³/mol. The average Bonchev–Trinajstić information content (AvgIpc) is 2.41. The quantitative estimate of drug-likeness (QED) is 0.765. The Morgan fingerprint density at radius 2 is 1.85 bits per heavy atom. The van der Waals surface area contributed by atoms with Gasteiger partial charge in [0.15, 0.2) is 0 Å². The van der Waals surface area contributed by atoms with Crippen LogP contribution in [0.15, 0.2) is 30.3 Å². The van der Waals surface area contributed by atoms with Crippen molar-refractivity contribution in [1.29, 1.82) is 0 Å². The van der Waals surface area contributed by atoms with E-state index in [0.29, 0.717) is 18.5 Å². The van der Waals surface area contributed by atoms with Gasteiger partial charge in [-0.15, -0.1) is 0 Å². The van der Waals surface area contributed by atoms with Gasteiger partial charge in [0.25, 0.3) is 0 Å². The maximum Gasteiger partial charge on any atom is 0.390 e. The Bertz CT molecular complexity index is 367. The maximum absolute atomic E-state index is 12.7. The van der Waals surface area contributed by atoms with Crippen molar-refractivity contribution < 1.29 is 18.3 Å². The lowest BCUT2D eigenvalue weighted by molar-refractivity contribution is -0.140. The first-order chi connectivity index (χ1) is 9.46. The van der Waals surface area contributed by atoms with E-state index >= 15 is 0 Å². The van der Waals surface area contributed by atoms with Crippen LogP contribution < -0.4 is 5.32 Å². The highest BCUT2D eigenvalue weighted by Gasteiger charge is 2.32. The van der Waals surface area contributed by atoms with Crippen molar-refractivity contribution in [2.75, 3.05) is 13.2 Å². The Morgan fingerprint density at radius 1 is 1.20 bits per heavy atom. The van der Waals surface area contributed by atoms with Gasteiger partial charge in [-0.05, 0) is 24.4 Å². The smallest absolute Gasteiger partial charge is 0.390 e. The molecule has 2 N–H and O–H groups in total. The monoisotopic (exact) mass is 289 g/mol. The minimum absolute atomic E-state index is 0.0649. The van der Waals surface area contributed by atoms with Crippen LogP contribution in [0.1, 0.15) is 37.8 Å². The Balaban J connectivity index is 2.68. The van der Waals surface area contributed by atoms with Crippen LogP contribution in [-0.4, -0.2) is 24.4 Å². The third-order valence-electron chi connectivity index (χ3n) is 3.41. The molecule has 0 aliphatic rings. The van der Waals surface area contributed by atoms with E-state index < -0.39 is 18.6 Å². The second kappa shape index (κ2) is 8.27. The van der Waals surface area contributed by atoms with Crippen molar-refractivity contribution in [3.63, 3.8) is 0 Å². The van der Waals surface area contributed by atoms with E-state index in [0.717, 1.165) is 6.42 Å². The molecular weight excluding hydrogens is 267 g/mol. The second-order valence-electron chi connectivity index (χ2n) is 4.98. The summed E-state index contributed by atoms with van der Waals surface area (Å²) >= 11 is 0. The Hall–Kier alpha value is -1.07. The molecule has 2 atom stereocenters. The molecular formula is C15H22F3NO. The van der Waals surface area contributed by atoms with E-state index in [9.17, 15) is 13.2 Å². The number of hydrogen-bond acceptors (Lipinski definition) is 2. The molecule has 114 valence electrons. The molecule has 0 bridgehead atoms. The molecule has 0 radical (unpaired) electrons. The summed E-state index contributed by atoms with van der Waals surface area (Å²) in [6.07, 6.45) is -3.64. The topological polar surface area (TPSA) is 32.3 Å². The van der Waals surface area contributed by atoms with Gasteiger partial charge < -0.3 is 10.4 Å². The second-order valence-corrected chi connectivity index (χ2v) is 4.98. The molecule has 0 heterocycles. The summed E-state index contributed by atoms with van der Waals surface area (Å²) < 4.78 is 38.0. The van der Waals surface area contributed by atoms with Crippen molar-refractivity contribution in [3.8, 4) is 0 Å². The number of rotatable bonds is 8. The van der Waals surface area contributed by atoms with Gasteiger partial charge in [0, 0.05) is 12.6 Å². The number of halogens is 3. The summed E-state index contributed by atoms with van der Waals surface area (Å²) in [5, 5.41) is 11.9. The van der Waals surface area contributed by atoms with Gasteiger partial charge >= 0.3 is 6.18 Å². The molecule has 0 aliphatic heterocycles. The molecule has 0 spiro atoms. The summed E-state index contributed by atoms with van der Waals surface area (Å²) in [4.78, 5) is 0. The number of benzene rings is 1. The van der Waals surface area contributed by atoms with Crippen LogP contribution in [0.3, 0.4) is 0 Å². The fourth-order valence-corrected chi connectivity index (χ4v) is 2.17. The molecule has 2 unspecified atom stereocenters. The van der Waals surface area contributed by atoms with Crippen LogP contribution in [0.5, 0.6) is 0 Å². The predicted octanol–water partition coefficient (Wildman–Crippen LogP) is 3.68. The van der Waals surface area contributed by atoms with Crippen molar-refractivity contribution >= 4 is 0 Å². The summed E-state index contributed by atoms with van der Waals surface area (Å²) in [6.45, 7) is 2.52. The van der Waals surface area contributed by atoms with E-state index in [1.165, 1.54) is 0 Å².